The molecule has 2 N–H and O–H groups in total. The van der Waals surface area contributed by atoms with Gasteiger partial charge in [0.05, 0.1) is 6.54 Å². The normalized spacial score (nSPS) is 18.4. The van der Waals surface area contributed by atoms with Gasteiger partial charge in [0.25, 0.3) is 0 Å². The Morgan fingerprint density at radius 1 is 1.31 bits per heavy atom. The first-order chi connectivity index (χ1) is 12.3. The average Bonchev–Trinajstić information content (AvgIpc) is 2.84. The van der Waals surface area contributed by atoms with Gasteiger partial charge >= 0.3 is 6.36 Å². The summed E-state index contributed by atoms with van der Waals surface area (Å²) in [7, 11) is 1.95. The van der Waals surface area contributed by atoms with E-state index in [2.05, 4.69) is 20.3 Å². The molecule has 1 unspecified atom stereocenters. The van der Waals surface area contributed by atoms with E-state index in [0.29, 0.717) is 25.6 Å². The van der Waals surface area contributed by atoms with Gasteiger partial charge in [-0.2, -0.15) is 0 Å². The zero-order chi connectivity index (χ0) is 19.0. The molecule has 0 spiro atoms. The number of alkyl halides is 3. The highest BCUT2D eigenvalue weighted by Crippen LogP contribution is 2.22. The number of benzene rings is 1. The molecule has 1 atom stereocenters. The number of ether oxygens (including phenoxy) is 1. The Morgan fingerprint density at radius 2 is 2.04 bits per heavy atom. The fraction of sp³-hybridized carbons (Fsp3) is 0.611. The second-order valence-electron chi connectivity index (χ2n) is 6.56. The van der Waals surface area contributed by atoms with Crippen LogP contribution < -0.4 is 15.4 Å². The van der Waals surface area contributed by atoms with Gasteiger partial charge in [-0.1, -0.05) is 18.6 Å². The molecule has 0 bridgehead atoms. The van der Waals surface area contributed by atoms with Crippen LogP contribution >= 0.6 is 0 Å². The fourth-order valence-corrected chi connectivity index (χ4v) is 2.99. The van der Waals surface area contributed by atoms with E-state index in [1.165, 1.54) is 18.6 Å². The SMILES string of the molecule is CN(CC(=O)NCCc1ccc(OC(F)(F)F)cc1)C1CCCCNC1. The van der Waals surface area contributed by atoms with Crippen LogP contribution in [0.3, 0.4) is 0 Å². The minimum Gasteiger partial charge on any atom is -0.406 e. The maximum atomic E-state index is 12.1. The lowest BCUT2D eigenvalue weighted by molar-refractivity contribution is -0.274. The number of carbonyl (C=O) groups excluding carboxylic acids is 1. The quantitative estimate of drug-likeness (QED) is 0.770. The monoisotopic (exact) mass is 373 g/mol. The van der Waals surface area contributed by atoms with Crippen LogP contribution in [-0.4, -0.2) is 56.4 Å². The molecule has 1 aromatic rings. The summed E-state index contributed by atoms with van der Waals surface area (Å²) in [5, 5.41) is 6.24. The van der Waals surface area contributed by atoms with Crippen LogP contribution in [0.25, 0.3) is 0 Å². The molecule has 1 amide bonds. The summed E-state index contributed by atoms with van der Waals surface area (Å²) in [5.74, 6) is -0.294. The molecule has 5 nitrogen and oxygen atoms in total. The minimum absolute atomic E-state index is 0.0474. The van der Waals surface area contributed by atoms with Crippen molar-refractivity contribution in [3.63, 3.8) is 0 Å². The third-order valence-electron chi connectivity index (χ3n) is 4.43. The Balaban J connectivity index is 1.69. The van der Waals surface area contributed by atoms with Crippen molar-refractivity contribution in [3.8, 4) is 5.75 Å². The summed E-state index contributed by atoms with van der Waals surface area (Å²) in [6.45, 7) is 2.71. The van der Waals surface area contributed by atoms with E-state index < -0.39 is 6.36 Å². The molecule has 1 saturated heterocycles. The number of nitrogens with one attached hydrogen (secondary N) is 2. The van der Waals surface area contributed by atoms with Crippen LogP contribution in [0.15, 0.2) is 24.3 Å². The van der Waals surface area contributed by atoms with Gasteiger partial charge in [0.15, 0.2) is 0 Å². The van der Waals surface area contributed by atoms with Crippen molar-refractivity contribution in [2.75, 3.05) is 33.2 Å². The molecule has 8 heteroatoms. The minimum atomic E-state index is -4.69. The Hall–Kier alpha value is -1.80. The second kappa shape index (κ2) is 9.78. The zero-order valence-electron chi connectivity index (χ0n) is 14.9. The van der Waals surface area contributed by atoms with E-state index in [1.807, 2.05) is 7.05 Å². The molecule has 0 aromatic heterocycles. The van der Waals surface area contributed by atoms with Crippen LogP contribution in [0.4, 0.5) is 13.2 Å². The lowest BCUT2D eigenvalue weighted by atomic mass is 10.1. The molecule has 0 saturated carbocycles. The van der Waals surface area contributed by atoms with Crippen molar-refractivity contribution in [2.24, 2.45) is 0 Å². The van der Waals surface area contributed by atoms with Gasteiger partial charge in [0.2, 0.25) is 5.91 Å². The predicted octanol–water partition coefficient (Wildman–Crippen LogP) is 2.32. The fourth-order valence-electron chi connectivity index (χ4n) is 2.99. The maximum absolute atomic E-state index is 12.1. The Bertz CT molecular complexity index is 556. The van der Waals surface area contributed by atoms with Crippen LogP contribution in [-0.2, 0) is 11.2 Å². The van der Waals surface area contributed by atoms with Gasteiger partial charge < -0.3 is 15.4 Å². The van der Waals surface area contributed by atoms with Crippen molar-refractivity contribution in [1.82, 2.24) is 15.5 Å². The van der Waals surface area contributed by atoms with Gasteiger partial charge in [-0.25, -0.2) is 0 Å². The molecular formula is C18H26F3N3O2. The van der Waals surface area contributed by atoms with E-state index in [1.54, 1.807) is 12.1 Å². The van der Waals surface area contributed by atoms with Crippen LogP contribution in [0.5, 0.6) is 5.75 Å². The molecule has 2 rings (SSSR count). The maximum Gasteiger partial charge on any atom is 0.573 e. The van der Waals surface area contributed by atoms with Gasteiger partial charge in [0, 0.05) is 19.1 Å². The number of hydrogen-bond acceptors (Lipinski definition) is 4. The zero-order valence-corrected chi connectivity index (χ0v) is 14.9. The summed E-state index contributed by atoms with van der Waals surface area (Å²) in [4.78, 5) is 14.1. The van der Waals surface area contributed by atoms with Crippen molar-refractivity contribution >= 4 is 5.91 Å². The third-order valence-corrected chi connectivity index (χ3v) is 4.43. The Labute approximate surface area is 151 Å². The molecular weight excluding hydrogens is 347 g/mol. The van der Waals surface area contributed by atoms with Crippen molar-refractivity contribution in [2.45, 2.75) is 38.1 Å². The number of nitrogens with zero attached hydrogens (tertiary/aromatic N) is 1. The highest BCUT2D eigenvalue weighted by Gasteiger charge is 2.30. The standard InChI is InChI=1S/C18H26F3N3O2/c1-24(15-4-2-3-10-22-12-15)13-17(25)23-11-9-14-5-7-16(8-6-14)26-18(19,20)21/h5-8,15,22H,2-4,9-13H2,1H3,(H,23,25). The van der Waals surface area contributed by atoms with Crippen LogP contribution in [0.1, 0.15) is 24.8 Å². The molecule has 1 aliphatic heterocycles. The summed E-state index contributed by atoms with van der Waals surface area (Å²) >= 11 is 0. The summed E-state index contributed by atoms with van der Waals surface area (Å²) < 4.78 is 40.2. The third kappa shape index (κ3) is 7.61. The first-order valence-electron chi connectivity index (χ1n) is 8.86. The lowest BCUT2D eigenvalue weighted by Crippen LogP contribution is -2.44. The Kier molecular flexibility index (Phi) is 7.71. The van der Waals surface area contributed by atoms with E-state index in [9.17, 15) is 18.0 Å². The summed E-state index contributed by atoms with van der Waals surface area (Å²) in [6.07, 6.45) is -0.717. The van der Waals surface area contributed by atoms with Crippen molar-refractivity contribution < 1.29 is 22.7 Å². The topological polar surface area (TPSA) is 53.6 Å². The summed E-state index contributed by atoms with van der Waals surface area (Å²) in [6, 6.07) is 6.05. The lowest BCUT2D eigenvalue weighted by Gasteiger charge is -2.26. The number of likely N-dealkylation sites (N-methyl/N-ethyl adjacent to an activating group) is 1. The molecule has 1 fully saturated rings. The molecule has 0 aliphatic carbocycles. The smallest absolute Gasteiger partial charge is 0.406 e. The molecule has 1 heterocycles. The van der Waals surface area contributed by atoms with E-state index in [4.69, 9.17) is 0 Å². The molecule has 1 aliphatic rings. The molecule has 1 aromatic carbocycles. The number of rotatable bonds is 7. The average molecular weight is 373 g/mol. The first kappa shape index (κ1) is 20.5. The molecule has 146 valence electrons. The van der Waals surface area contributed by atoms with Crippen LogP contribution in [0.2, 0.25) is 0 Å². The van der Waals surface area contributed by atoms with E-state index >= 15 is 0 Å². The van der Waals surface area contributed by atoms with Crippen LogP contribution in [0, 0.1) is 0 Å². The van der Waals surface area contributed by atoms with E-state index in [-0.39, 0.29) is 11.7 Å². The van der Waals surface area contributed by atoms with Gasteiger partial charge in [0.1, 0.15) is 5.75 Å². The van der Waals surface area contributed by atoms with Gasteiger partial charge in [-0.3, -0.25) is 9.69 Å². The largest absolute Gasteiger partial charge is 0.573 e. The number of hydrogen-bond donors (Lipinski definition) is 2. The number of carbonyl (C=O) groups is 1. The van der Waals surface area contributed by atoms with Gasteiger partial charge in [-0.05, 0) is 50.6 Å². The number of halogens is 3. The highest BCUT2D eigenvalue weighted by molar-refractivity contribution is 5.78. The van der Waals surface area contributed by atoms with Gasteiger partial charge in [-0.15, -0.1) is 13.2 Å². The van der Waals surface area contributed by atoms with Crippen molar-refractivity contribution in [3.05, 3.63) is 29.8 Å². The summed E-state index contributed by atoms with van der Waals surface area (Å²) in [5.41, 5.74) is 0.834. The predicted molar refractivity (Wildman–Crippen MR) is 93.0 cm³/mol. The number of amides is 1. The van der Waals surface area contributed by atoms with Crippen molar-refractivity contribution in [1.29, 1.82) is 0 Å². The molecule has 0 radical (unpaired) electrons. The highest BCUT2D eigenvalue weighted by atomic mass is 19.4. The first-order valence-corrected chi connectivity index (χ1v) is 8.86. The Morgan fingerprint density at radius 3 is 2.73 bits per heavy atom. The van der Waals surface area contributed by atoms with E-state index in [0.717, 1.165) is 31.5 Å². The second-order valence-corrected chi connectivity index (χ2v) is 6.56. The molecule has 26 heavy (non-hydrogen) atoms.